The third kappa shape index (κ3) is 2.63. The summed E-state index contributed by atoms with van der Waals surface area (Å²) in [6.45, 7) is 7.34. The van der Waals surface area contributed by atoms with E-state index < -0.39 is 29.3 Å². The van der Waals surface area contributed by atoms with Crippen LogP contribution in [0.1, 0.15) is 27.7 Å². The molecule has 1 rings (SSSR count). The van der Waals surface area contributed by atoms with Gasteiger partial charge in [-0.15, -0.1) is 0 Å². The Bertz CT molecular complexity index is 378. The molecule has 1 aliphatic carbocycles. The summed E-state index contributed by atoms with van der Waals surface area (Å²) < 4.78 is 0. The Labute approximate surface area is 106 Å². The predicted molar refractivity (Wildman–Crippen MR) is 64.7 cm³/mol. The molecule has 0 spiro atoms. The number of rotatable bonds is 5. The van der Waals surface area contributed by atoms with E-state index in [1.807, 2.05) is 0 Å². The lowest BCUT2D eigenvalue weighted by Gasteiger charge is -2.13. The summed E-state index contributed by atoms with van der Waals surface area (Å²) in [7, 11) is 0. The molecule has 2 amide bonds. The molecule has 1 saturated carbocycles. The lowest BCUT2D eigenvalue weighted by Crippen LogP contribution is -2.45. The van der Waals surface area contributed by atoms with E-state index in [1.165, 1.54) is 0 Å². The van der Waals surface area contributed by atoms with E-state index in [9.17, 15) is 14.4 Å². The SMILES string of the molecule is CCNC(=O)C(C)NC(=O)[C@H]1[C@@H](C(=O)O)C1(C)C. The van der Waals surface area contributed by atoms with Gasteiger partial charge in [-0.2, -0.15) is 0 Å². The van der Waals surface area contributed by atoms with Gasteiger partial charge < -0.3 is 15.7 Å². The Morgan fingerprint density at radius 1 is 1.28 bits per heavy atom. The summed E-state index contributed by atoms with van der Waals surface area (Å²) in [5.74, 6) is -2.83. The molecule has 6 heteroatoms. The van der Waals surface area contributed by atoms with Gasteiger partial charge in [0.05, 0.1) is 11.8 Å². The molecule has 1 fully saturated rings. The van der Waals surface area contributed by atoms with Crippen molar-refractivity contribution in [2.45, 2.75) is 33.7 Å². The minimum atomic E-state index is -0.967. The van der Waals surface area contributed by atoms with Crippen LogP contribution in [-0.2, 0) is 14.4 Å². The summed E-state index contributed by atoms with van der Waals surface area (Å²) in [5, 5.41) is 14.1. The predicted octanol–water partition coefficient (Wildman–Crippen LogP) is -0.0160. The molecule has 102 valence electrons. The Kier molecular flexibility index (Phi) is 3.98. The Hall–Kier alpha value is -1.59. The Balaban J connectivity index is 2.58. The maximum Gasteiger partial charge on any atom is 0.307 e. The lowest BCUT2D eigenvalue weighted by atomic mass is 10.1. The average Bonchev–Trinajstić information content (AvgIpc) is 2.82. The number of hydrogen-bond acceptors (Lipinski definition) is 3. The monoisotopic (exact) mass is 256 g/mol. The first-order valence-corrected chi connectivity index (χ1v) is 6.04. The summed E-state index contributed by atoms with van der Waals surface area (Å²) in [6.07, 6.45) is 0. The largest absolute Gasteiger partial charge is 0.481 e. The highest BCUT2D eigenvalue weighted by Gasteiger charge is 2.66. The first-order valence-electron chi connectivity index (χ1n) is 6.04. The molecule has 1 unspecified atom stereocenters. The van der Waals surface area contributed by atoms with Gasteiger partial charge in [0.25, 0.3) is 0 Å². The molecule has 0 aromatic rings. The van der Waals surface area contributed by atoms with E-state index in [4.69, 9.17) is 5.11 Å². The summed E-state index contributed by atoms with van der Waals surface area (Å²) in [6, 6.07) is -0.650. The molecule has 18 heavy (non-hydrogen) atoms. The Morgan fingerprint density at radius 2 is 1.83 bits per heavy atom. The zero-order valence-corrected chi connectivity index (χ0v) is 11.1. The van der Waals surface area contributed by atoms with Crippen LogP contribution in [0, 0.1) is 17.3 Å². The molecule has 0 radical (unpaired) electrons. The fourth-order valence-electron chi connectivity index (χ4n) is 2.28. The highest BCUT2D eigenvalue weighted by atomic mass is 16.4. The molecule has 0 heterocycles. The zero-order chi connectivity index (χ0) is 14.1. The van der Waals surface area contributed by atoms with Crippen molar-refractivity contribution in [3.05, 3.63) is 0 Å². The number of carboxylic acids is 1. The van der Waals surface area contributed by atoms with Crippen LogP contribution in [0.5, 0.6) is 0 Å². The third-order valence-corrected chi connectivity index (χ3v) is 3.48. The van der Waals surface area contributed by atoms with Crippen molar-refractivity contribution in [1.29, 1.82) is 0 Å². The normalized spacial score (nSPS) is 26.0. The number of likely N-dealkylation sites (N-methyl/N-ethyl adjacent to an activating group) is 1. The number of carboxylic acid groups (broad SMARTS) is 1. The van der Waals surface area contributed by atoms with Crippen molar-refractivity contribution in [3.8, 4) is 0 Å². The minimum absolute atomic E-state index is 0.267. The van der Waals surface area contributed by atoms with Gasteiger partial charge in [0, 0.05) is 6.54 Å². The Morgan fingerprint density at radius 3 is 2.22 bits per heavy atom. The van der Waals surface area contributed by atoms with Crippen LogP contribution in [0.4, 0.5) is 0 Å². The van der Waals surface area contributed by atoms with Crippen LogP contribution in [0.15, 0.2) is 0 Å². The van der Waals surface area contributed by atoms with E-state index in [0.29, 0.717) is 6.54 Å². The minimum Gasteiger partial charge on any atom is -0.481 e. The van der Waals surface area contributed by atoms with Gasteiger partial charge in [0.2, 0.25) is 11.8 Å². The second-order valence-electron chi connectivity index (χ2n) is 5.24. The van der Waals surface area contributed by atoms with Gasteiger partial charge in [-0.25, -0.2) is 0 Å². The first kappa shape index (κ1) is 14.5. The van der Waals surface area contributed by atoms with Crippen LogP contribution < -0.4 is 10.6 Å². The average molecular weight is 256 g/mol. The summed E-state index contributed by atoms with van der Waals surface area (Å²) >= 11 is 0. The quantitative estimate of drug-likeness (QED) is 0.644. The molecule has 1 aliphatic rings. The van der Waals surface area contributed by atoms with Crippen molar-refractivity contribution >= 4 is 17.8 Å². The first-order chi connectivity index (χ1) is 8.23. The highest BCUT2D eigenvalue weighted by molar-refractivity contribution is 5.94. The maximum absolute atomic E-state index is 11.9. The molecule has 6 nitrogen and oxygen atoms in total. The number of carbonyl (C=O) groups excluding carboxylic acids is 2. The summed E-state index contributed by atoms with van der Waals surface area (Å²) in [5.41, 5.74) is -0.545. The van der Waals surface area contributed by atoms with E-state index >= 15 is 0 Å². The van der Waals surface area contributed by atoms with E-state index in [0.717, 1.165) is 0 Å². The molecular weight excluding hydrogens is 236 g/mol. The molecule has 0 saturated heterocycles. The number of carbonyl (C=O) groups is 3. The molecule has 0 bridgehead atoms. The zero-order valence-electron chi connectivity index (χ0n) is 11.1. The molecule has 0 aromatic carbocycles. The fourth-order valence-corrected chi connectivity index (χ4v) is 2.28. The van der Waals surface area contributed by atoms with Gasteiger partial charge in [-0.3, -0.25) is 14.4 Å². The van der Waals surface area contributed by atoms with Gasteiger partial charge in [-0.1, -0.05) is 13.8 Å². The molecule has 3 N–H and O–H groups in total. The van der Waals surface area contributed by atoms with Gasteiger partial charge in [0.1, 0.15) is 6.04 Å². The van der Waals surface area contributed by atoms with Gasteiger partial charge in [0.15, 0.2) is 0 Å². The number of nitrogens with one attached hydrogen (secondary N) is 2. The second-order valence-corrected chi connectivity index (χ2v) is 5.24. The smallest absolute Gasteiger partial charge is 0.307 e. The van der Waals surface area contributed by atoms with E-state index in [2.05, 4.69) is 10.6 Å². The molecular formula is C12H20N2O4. The molecule has 0 aliphatic heterocycles. The highest BCUT2D eigenvalue weighted by Crippen LogP contribution is 2.58. The van der Waals surface area contributed by atoms with E-state index in [-0.39, 0.29) is 11.8 Å². The van der Waals surface area contributed by atoms with Crippen LogP contribution in [0.2, 0.25) is 0 Å². The van der Waals surface area contributed by atoms with Crippen molar-refractivity contribution in [1.82, 2.24) is 10.6 Å². The second kappa shape index (κ2) is 4.96. The van der Waals surface area contributed by atoms with Gasteiger partial charge in [-0.05, 0) is 19.3 Å². The maximum atomic E-state index is 11.9. The topological polar surface area (TPSA) is 95.5 Å². The van der Waals surface area contributed by atoms with Crippen molar-refractivity contribution in [2.75, 3.05) is 6.54 Å². The van der Waals surface area contributed by atoms with Crippen molar-refractivity contribution < 1.29 is 19.5 Å². The van der Waals surface area contributed by atoms with Crippen molar-refractivity contribution in [2.24, 2.45) is 17.3 Å². The molecule has 3 atom stereocenters. The van der Waals surface area contributed by atoms with Crippen LogP contribution >= 0.6 is 0 Å². The fraction of sp³-hybridized carbons (Fsp3) is 0.750. The number of hydrogen-bond donors (Lipinski definition) is 3. The third-order valence-electron chi connectivity index (χ3n) is 3.48. The van der Waals surface area contributed by atoms with Crippen LogP contribution in [0.3, 0.4) is 0 Å². The van der Waals surface area contributed by atoms with Crippen molar-refractivity contribution in [3.63, 3.8) is 0 Å². The molecule has 0 aromatic heterocycles. The van der Waals surface area contributed by atoms with Crippen LogP contribution in [-0.4, -0.2) is 35.5 Å². The number of aliphatic carboxylic acids is 1. The number of amides is 2. The van der Waals surface area contributed by atoms with Crippen LogP contribution in [0.25, 0.3) is 0 Å². The standard InChI is InChI=1S/C12H20N2O4/c1-5-13-9(15)6(2)14-10(16)7-8(11(17)18)12(7,3)4/h6-8H,5H2,1-4H3,(H,13,15)(H,14,16)(H,17,18)/t6?,7-,8+/m1/s1. The van der Waals surface area contributed by atoms with E-state index in [1.54, 1.807) is 27.7 Å². The lowest BCUT2D eigenvalue weighted by molar-refractivity contribution is -0.140. The summed E-state index contributed by atoms with van der Waals surface area (Å²) in [4.78, 5) is 34.3. The van der Waals surface area contributed by atoms with Gasteiger partial charge >= 0.3 is 5.97 Å².